The van der Waals surface area contributed by atoms with Crippen molar-refractivity contribution in [3.8, 4) is 0 Å². The number of nitrogens with zero attached hydrogens (tertiary/aromatic N) is 2. The Morgan fingerprint density at radius 3 is 2.84 bits per heavy atom. The fraction of sp³-hybridized carbons (Fsp3) is 0.250. The lowest BCUT2D eigenvalue weighted by atomic mass is 10.2. The summed E-state index contributed by atoms with van der Waals surface area (Å²) in [5, 5.41) is 4.45. The largest absolute Gasteiger partial charge is 0.366 e. The van der Waals surface area contributed by atoms with E-state index in [1.807, 2.05) is 43.3 Å². The van der Waals surface area contributed by atoms with Crippen molar-refractivity contribution >= 4 is 16.7 Å². The van der Waals surface area contributed by atoms with Crippen molar-refractivity contribution in [3.63, 3.8) is 0 Å². The van der Waals surface area contributed by atoms with Crippen LogP contribution in [0.2, 0.25) is 0 Å². The van der Waals surface area contributed by atoms with Crippen LogP contribution >= 0.6 is 0 Å². The topological polar surface area (TPSA) is 37.8 Å². The van der Waals surface area contributed by atoms with Crippen LogP contribution in [0.5, 0.6) is 0 Å². The molecule has 0 saturated heterocycles. The third-order valence-electron chi connectivity index (χ3n) is 3.01. The summed E-state index contributed by atoms with van der Waals surface area (Å²) in [6.45, 7) is 8.57. The van der Waals surface area contributed by atoms with Gasteiger partial charge in [-0.15, -0.1) is 0 Å². The van der Waals surface area contributed by atoms with Crippen LogP contribution in [0.1, 0.15) is 19.2 Å². The van der Waals surface area contributed by atoms with Crippen molar-refractivity contribution in [2.45, 2.75) is 20.3 Å². The van der Waals surface area contributed by atoms with Crippen LogP contribution in [0.25, 0.3) is 10.9 Å². The Hall–Kier alpha value is -2.16. The molecule has 0 spiro atoms. The van der Waals surface area contributed by atoms with Gasteiger partial charge in [-0.25, -0.2) is 9.97 Å². The molecule has 0 unspecified atom stereocenters. The lowest BCUT2D eigenvalue weighted by Crippen LogP contribution is -2.07. The van der Waals surface area contributed by atoms with Gasteiger partial charge in [0.1, 0.15) is 11.6 Å². The first-order chi connectivity index (χ1) is 9.24. The summed E-state index contributed by atoms with van der Waals surface area (Å²) < 4.78 is 0. The molecule has 1 heterocycles. The Labute approximate surface area is 114 Å². The van der Waals surface area contributed by atoms with E-state index in [0.717, 1.165) is 35.5 Å². The minimum atomic E-state index is 0.781. The molecular formula is C16H19N3. The molecule has 0 aliphatic heterocycles. The van der Waals surface area contributed by atoms with Crippen molar-refractivity contribution in [1.29, 1.82) is 0 Å². The molecule has 2 aromatic rings. The summed E-state index contributed by atoms with van der Waals surface area (Å²) in [5.41, 5.74) is 2.28. The molecule has 0 fully saturated rings. The fourth-order valence-corrected chi connectivity index (χ4v) is 1.99. The zero-order valence-electron chi connectivity index (χ0n) is 11.5. The molecule has 19 heavy (non-hydrogen) atoms. The van der Waals surface area contributed by atoms with Gasteiger partial charge in [0.05, 0.1) is 5.52 Å². The van der Waals surface area contributed by atoms with Crippen molar-refractivity contribution in [3.05, 3.63) is 54.4 Å². The Bertz CT molecular complexity index is 614. The van der Waals surface area contributed by atoms with Gasteiger partial charge in [-0.1, -0.05) is 43.4 Å². The number of aryl methyl sites for hydroxylation is 1. The standard InChI is InChI=1S/C16H19N3/c1-4-8-13(5-2)11-17-16-14-9-6-7-10-15(14)18-12(3)19-16/h4,6-10H,1,5,11H2,2-3H3,(H,17,18,19)/b13-8+. The van der Waals surface area contributed by atoms with E-state index in [0.29, 0.717) is 0 Å². The Morgan fingerprint density at radius 2 is 2.11 bits per heavy atom. The number of hydrogen-bond donors (Lipinski definition) is 1. The van der Waals surface area contributed by atoms with Gasteiger partial charge >= 0.3 is 0 Å². The van der Waals surface area contributed by atoms with Crippen LogP contribution in [-0.2, 0) is 0 Å². The summed E-state index contributed by atoms with van der Waals surface area (Å²) in [6.07, 6.45) is 4.87. The molecule has 0 aliphatic rings. The summed E-state index contributed by atoms with van der Waals surface area (Å²) in [6, 6.07) is 8.05. The molecule has 3 nitrogen and oxygen atoms in total. The molecule has 0 saturated carbocycles. The highest BCUT2D eigenvalue weighted by Gasteiger charge is 2.05. The second kappa shape index (κ2) is 6.14. The SMILES string of the molecule is C=C/C=C(\CC)CNc1nc(C)nc2ccccc12. The van der Waals surface area contributed by atoms with Crippen LogP contribution < -0.4 is 5.32 Å². The minimum absolute atomic E-state index is 0.781. The van der Waals surface area contributed by atoms with Crippen LogP contribution in [0.4, 0.5) is 5.82 Å². The Morgan fingerprint density at radius 1 is 1.32 bits per heavy atom. The molecule has 1 N–H and O–H groups in total. The van der Waals surface area contributed by atoms with Gasteiger partial charge in [0, 0.05) is 11.9 Å². The number of benzene rings is 1. The number of aromatic nitrogens is 2. The molecule has 0 radical (unpaired) electrons. The van der Waals surface area contributed by atoms with Crippen LogP contribution in [-0.4, -0.2) is 16.5 Å². The maximum absolute atomic E-state index is 4.49. The molecular weight excluding hydrogens is 234 g/mol. The second-order valence-electron chi connectivity index (χ2n) is 4.40. The van der Waals surface area contributed by atoms with Crippen molar-refractivity contribution < 1.29 is 0 Å². The Balaban J connectivity index is 2.29. The van der Waals surface area contributed by atoms with Crippen LogP contribution in [0, 0.1) is 6.92 Å². The lowest BCUT2D eigenvalue weighted by Gasteiger charge is -2.10. The number of allylic oxidation sites excluding steroid dienone is 2. The predicted octanol–water partition coefficient (Wildman–Crippen LogP) is 3.87. The molecule has 1 aromatic heterocycles. The van der Waals surface area contributed by atoms with Gasteiger partial charge in [-0.2, -0.15) is 0 Å². The minimum Gasteiger partial charge on any atom is -0.366 e. The smallest absolute Gasteiger partial charge is 0.137 e. The van der Waals surface area contributed by atoms with E-state index in [2.05, 4.69) is 28.8 Å². The van der Waals surface area contributed by atoms with Gasteiger partial charge in [0.2, 0.25) is 0 Å². The number of para-hydroxylation sites is 1. The fourth-order valence-electron chi connectivity index (χ4n) is 1.99. The molecule has 98 valence electrons. The summed E-state index contributed by atoms with van der Waals surface area (Å²) in [4.78, 5) is 8.93. The maximum atomic E-state index is 4.49. The molecule has 1 aromatic carbocycles. The average molecular weight is 253 g/mol. The van der Waals surface area contributed by atoms with E-state index < -0.39 is 0 Å². The van der Waals surface area contributed by atoms with Gasteiger partial charge < -0.3 is 5.32 Å². The van der Waals surface area contributed by atoms with E-state index in [1.165, 1.54) is 5.57 Å². The summed E-state index contributed by atoms with van der Waals surface area (Å²) >= 11 is 0. The van der Waals surface area contributed by atoms with E-state index in [-0.39, 0.29) is 0 Å². The molecule has 0 amide bonds. The van der Waals surface area contributed by atoms with E-state index in [9.17, 15) is 0 Å². The third kappa shape index (κ3) is 3.19. The molecule has 2 rings (SSSR count). The highest BCUT2D eigenvalue weighted by molar-refractivity contribution is 5.89. The number of nitrogens with one attached hydrogen (secondary N) is 1. The second-order valence-corrected chi connectivity index (χ2v) is 4.40. The normalized spacial score (nSPS) is 11.6. The maximum Gasteiger partial charge on any atom is 0.137 e. The highest BCUT2D eigenvalue weighted by Crippen LogP contribution is 2.20. The molecule has 0 atom stereocenters. The van der Waals surface area contributed by atoms with Crippen molar-refractivity contribution in [2.24, 2.45) is 0 Å². The average Bonchev–Trinajstić information content (AvgIpc) is 2.43. The van der Waals surface area contributed by atoms with E-state index >= 15 is 0 Å². The third-order valence-corrected chi connectivity index (χ3v) is 3.01. The van der Waals surface area contributed by atoms with Crippen molar-refractivity contribution in [2.75, 3.05) is 11.9 Å². The lowest BCUT2D eigenvalue weighted by molar-refractivity contribution is 1.02. The summed E-state index contributed by atoms with van der Waals surface area (Å²) in [7, 11) is 0. The Kier molecular flexibility index (Phi) is 4.29. The number of rotatable bonds is 5. The van der Waals surface area contributed by atoms with Gasteiger partial charge in [0.15, 0.2) is 0 Å². The van der Waals surface area contributed by atoms with Gasteiger partial charge in [-0.3, -0.25) is 0 Å². The highest BCUT2D eigenvalue weighted by atomic mass is 15.0. The van der Waals surface area contributed by atoms with E-state index in [4.69, 9.17) is 0 Å². The van der Waals surface area contributed by atoms with Gasteiger partial charge in [0.25, 0.3) is 0 Å². The monoisotopic (exact) mass is 253 g/mol. The quantitative estimate of drug-likeness (QED) is 0.822. The first-order valence-corrected chi connectivity index (χ1v) is 6.52. The van der Waals surface area contributed by atoms with Crippen LogP contribution in [0.3, 0.4) is 0 Å². The molecule has 3 heteroatoms. The predicted molar refractivity (Wildman–Crippen MR) is 81.3 cm³/mol. The zero-order valence-corrected chi connectivity index (χ0v) is 11.5. The van der Waals surface area contributed by atoms with Crippen molar-refractivity contribution in [1.82, 2.24) is 9.97 Å². The van der Waals surface area contributed by atoms with Gasteiger partial charge in [-0.05, 0) is 25.5 Å². The van der Waals surface area contributed by atoms with E-state index in [1.54, 1.807) is 0 Å². The first kappa shape index (κ1) is 13.3. The molecule has 0 aliphatic carbocycles. The first-order valence-electron chi connectivity index (χ1n) is 6.52. The zero-order chi connectivity index (χ0) is 13.7. The summed E-state index contributed by atoms with van der Waals surface area (Å²) in [5.74, 6) is 1.68. The van der Waals surface area contributed by atoms with Crippen LogP contribution in [0.15, 0.2) is 48.6 Å². The number of fused-ring (bicyclic) bond motifs is 1. The number of anilines is 1. The number of hydrogen-bond acceptors (Lipinski definition) is 3. The molecule has 0 bridgehead atoms.